The Hall–Kier alpha value is -1.47. The maximum Gasteiger partial charge on any atom is 0.334 e. The van der Waals surface area contributed by atoms with Gasteiger partial charge in [-0.1, -0.05) is 13.8 Å². The molecule has 1 aromatic rings. The molecular weight excluding hydrogens is 268 g/mol. The van der Waals surface area contributed by atoms with Gasteiger partial charge in [-0.25, -0.2) is 9.78 Å². The third kappa shape index (κ3) is 3.10. The predicted molar refractivity (Wildman–Crippen MR) is 69.5 cm³/mol. The molecule has 6 nitrogen and oxygen atoms in total. The van der Waals surface area contributed by atoms with Crippen molar-refractivity contribution in [2.45, 2.75) is 25.9 Å². The largest absolute Gasteiger partial charge is 0.479 e. The molecule has 104 valence electrons. The summed E-state index contributed by atoms with van der Waals surface area (Å²) in [6.45, 7) is 4.74. The Labute approximate surface area is 115 Å². The highest BCUT2D eigenvalue weighted by Gasteiger charge is 2.30. The number of morpholine rings is 1. The number of amides is 1. The molecule has 2 heterocycles. The van der Waals surface area contributed by atoms with Crippen LogP contribution in [0, 0.1) is 0 Å². The first-order valence-corrected chi connectivity index (χ1v) is 6.96. The molecule has 0 bridgehead atoms. The van der Waals surface area contributed by atoms with Crippen LogP contribution in [0.4, 0.5) is 0 Å². The molecule has 1 amide bonds. The Balaban J connectivity index is 2.08. The van der Waals surface area contributed by atoms with E-state index in [9.17, 15) is 9.59 Å². The predicted octanol–water partition coefficient (Wildman–Crippen LogP) is 1.19. The van der Waals surface area contributed by atoms with Gasteiger partial charge in [-0.3, -0.25) is 4.79 Å². The average Bonchev–Trinajstić information content (AvgIpc) is 2.87. The molecule has 7 heteroatoms. The van der Waals surface area contributed by atoms with Gasteiger partial charge in [0.05, 0.1) is 18.2 Å². The molecule has 1 aliphatic heterocycles. The normalized spacial score (nSPS) is 19.7. The maximum atomic E-state index is 12.2. The number of hydrogen-bond acceptors (Lipinski definition) is 5. The van der Waals surface area contributed by atoms with E-state index in [-0.39, 0.29) is 25.0 Å². The highest BCUT2D eigenvalue weighted by Crippen LogP contribution is 2.20. The van der Waals surface area contributed by atoms with Gasteiger partial charge >= 0.3 is 5.97 Å². The fourth-order valence-electron chi connectivity index (χ4n) is 1.80. The van der Waals surface area contributed by atoms with Crippen LogP contribution in [-0.4, -0.2) is 52.7 Å². The lowest BCUT2D eigenvalue weighted by Crippen LogP contribution is -2.48. The number of nitrogens with zero attached hydrogens (tertiary/aromatic N) is 2. The summed E-state index contributed by atoms with van der Waals surface area (Å²) >= 11 is 1.45. The summed E-state index contributed by atoms with van der Waals surface area (Å²) in [5.41, 5.74) is 0.389. The average molecular weight is 284 g/mol. The Kier molecular flexibility index (Phi) is 4.16. The van der Waals surface area contributed by atoms with Gasteiger partial charge in [-0.2, -0.15) is 0 Å². The van der Waals surface area contributed by atoms with Crippen molar-refractivity contribution in [2.24, 2.45) is 0 Å². The lowest BCUT2D eigenvalue weighted by Gasteiger charge is -2.30. The first-order chi connectivity index (χ1) is 8.99. The zero-order valence-electron chi connectivity index (χ0n) is 10.8. The number of carboxylic acid groups (broad SMARTS) is 1. The number of aromatic nitrogens is 1. The van der Waals surface area contributed by atoms with Crippen LogP contribution >= 0.6 is 11.3 Å². The van der Waals surface area contributed by atoms with Crippen molar-refractivity contribution in [1.82, 2.24) is 9.88 Å². The Bertz CT molecular complexity index is 486. The van der Waals surface area contributed by atoms with Crippen molar-refractivity contribution in [1.29, 1.82) is 0 Å². The van der Waals surface area contributed by atoms with Crippen LogP contribution < -0.4 is 0 Å². The summed E-state index contributed by atoms with van der Waals surface area (Å²) in [7, 11) is 0. The van der Waals surface area contributed by atoms with E-state index in [0.29, 0.717) is 12.2 Å². The van der Waals surface area contributed by atoms with E-state index in [0.717, 1.165) is 5.01 Å². The lowest BCUT2D eigenvalue weighted by molar-refractivity contribution is -0.154. The zero-order chi connectivity index (χ0) is 14.0. The summed E-state index contributed by atoms with van der Waals surface area (Å²) < 4.78 is 5.09. The second-order valence-electron chi connectivity index (χ2n) is 4.67. The van der Waals surface area contributed by atoms with Gasteiger partial charge in [0.15, 0.2) is 6.10 Å². The van der Waals surface area contributed by atoms with Crippen molar-refractivity contribution in [3.05, 3.63) is 16.1 Å². The first kappa shape index (κ1) is 14.0. The van der Waals surface area contributed by atoms with Gasteiger partial charge in [0.25, 0.3) is 5.91 Å². The highest BCUT2D eigenvalue weighted by molar-refractivity contribution is 7.09. The minimum Gasteiger partial charge on any atom is -0.479 e. The van der Waals surface area contributed by atoms with Crippen LogP contribution in [0.2, 0.25) is 0 Å². The quantitative estimate of drug-likeness (QED) is 0.902. The van der Waals surface area contributed by atoms with Crippen molar-refractivity contribution in [3.63, 3.8) is 0 Å². The van der Waals surface area contributed by atoms with E-state index in [2.05, 4.69) is 4.98 Å². The van der Waals surface area contributed by atoms with Crippen molar-refractivity contribution in [2.75, 3.05) is 19.7 Å². The van der Waals surface area contributed by atoms with Crippen molar-refractivity contribution >= 4 is 23.2 Å². The number of thiazole rings is 1. The highest BCUT2D eigenvalue weighted by atomic mass is 32.1. The summed E-state index contributed by atoms with van der Waals surface area (Å²) in [5.74, 6) is -0.987. The number of carboxylic acids is 1. The van der Waals surface area contributed by atoms with Gasteiger partial charge in [-0.15, -0.1) is 11.3 Å². The van der Waals surface area contributed by atoms with Gasteiger partial charge in [0.1, 0.15) is 5.69 Å². The molecule has 0 radical (unpaired) electrons. The SMILES string of the molecule is CC(C)c1nc(C(=O)N2CCOC(C(=O)O)C2)cs1. The number of carbonyl (C=O) groups is 2. The maximum absolute atomic E-state index is 12.2. The number of ether oxygens (including phenoxy) is 1. The van der Waals surface area contributed by atoms with E-state index in [1.807, 2.05) is 13.8 Å². The fraction of sp³-hybridized carbons (Fsp3) is 0.583. The molecule has 0 saturated carbocycles. The third-order valence-corrected chi connectivity index (χ3v) is 4.01. The third-order valence-electron chi connectivity index (χ3n) is 2.86. The topological polar surface area (TPSA) is 79.7 Å². The molecule has 2 rings (SSSR count). The van der Waals surface area contributed by atoms with E-state index in [4.69, 9.17) is 9.84 Å². The summed E-state index contributed by atoms with van der Waals surface area (Å²) in [6, 6.07) is 0. The Morgan fingerprint density at radius 2 is 2.32 bits per heavy atom. The van der Waals surface area contributed by atoms with Crippen molar-refractivity contribution in [3.8, 4) is 0 Å². The first-order valence-electron chi connectivity index (χ1n) is 6.08. The molecule has 1 aliphatic rings. The minimum atomic E-state index is -1.04. The van der Waals surface area contributed by atoms with E-state index >= 15 is 0 Å². The molecule has 1 atom stereocenters. The van der Waals surface area contributed by atoms with Gasteiger partial charge in [0, 0.05) is 17.8 Å². The zero-order valence-corrected chi connectivity index (χ0v) is 11.6. The fourth-order valence-corrected chi connectivity index (χ4v) is 2.61. The monoisotopic (exact) mass is 284 g/mol. The number of hydrogen-bond donors (Lipinski definition) is 1. The molecule has 1 unspecified atom stereocenters. The van der Waals surface area contributed by atoms with Crippen LogP contribution in [0.3, 0.4) is 0 Å². The molecule has 1 N–H and O–H groups in total. The molecule has 1 saturated heterocycles. The van der Waals surface area contributed by atoms with Crippen LogP contribution in [0.25, 0.3) is 0 Å². The van der Waals surface area contributed by atoms with Crippen LogP contribution in [0.5, 0.6) is 0 Å². The molecular formula is C12H16N2O4S. The van der Waals surface area contributed by atoms with Crippen LogP contribution in [0.1, 0.15) is 35.3 Å². The molecule has 1 fully saturated rings. The van der Waals surface area contributed by atoms with Crippen LogP contribution in [-0.2, 0) is 9.53 Å². The molecule has 1 aromatic heterocycles. The molecule has 0 aliphatic carbocycles. The number of aliphatic carboxylic acids is 1. The molecule has 19 heavy (non-hydrogen) atoms. The lowest BCUT2D eigenvalue weighted by atomic mass is 10.2. The van der Waals surface area contributed by atoms with E-state index < -0.39 is 12.1 Å². The Morgan fingerprint density at radius 3 is 2.89 bits per heavy atom. The smallest absolute Gasteiger partial charge is 0.334 e. The minimum absolute atomic E-state index is 0.0721. The van der Waals surface area contributed by atoms with Gasteiger partial charge < -0.3 is 14.7 Å². The molecule has 0 aromatic carbocycles. The molecule has 0 spiro atoms. The van der Waals surface area contributed by atoms with Gasteiger partial charge in [0.2, 0.25) is 0 Å². The van der Waals surface area contributed by atoms with Crippen molar-refractivity contribution < 1.29 is 19.4 Å². The van der Waals surface area contributed by atoms with E-state index in [1.165, 1.54) is 16.2 Å². The number of carbonyl (C=O) groups excluding carboxylic acids is 1. The van der Waals surface area contributed by atoms with Gasteiger partial charge in [-0.05, 0) is 0 Å². The standard InChI is InChI=1S/C12H16N2O4S/c1-7(2)10-13-8(6-19-10)11(15)14-3-4-18-9(5-14)12(16)17/h6-7,9H,3-5H2,1-2H3,(H,16,17). The van der Waals surface area contributed by atoms with E-state index in [1.54, 1.807) is 5.38 Å². The van der Waals surface area contributed by atoms with Crippen LogP contribution in [0.15, 0.2) is 5.38 Å². The second kappa shape index (κ2) is 5.66. The summed E-state index contributed by atoms with van der Waals surface area (Å²) in [5, 5.41) is 11.5. The Morgan fingerprint density at radius 1 is 1.58 bits per heavy atom. The summed E-state index contributed by atoms with van der Waals surface area (Å²) in [4.78, 5) is 28.9. The second-order valence-corrected chi connectivity index (χ2v) is 5.56. The number of rotatable bonds is 3. The summed E-state index contributed by atoms with van der Waals surface area (Å²) in [6.07, 6.45) is -0.944.